The fraction of sp³-hybridized carbons (Fsp3) is 0.316. The van der Waals surface area contributed by atoms with Gasteiger partial charge in [0.1, 0.15) is 0 Å². The lowest BCUT2D eigenvalue weighted by molar-refractivity contribution is -0.0924. The molecule has 5 heteroatoms. The molecule has 2 aromatic carbocycles. The minimum absolute atomic E-state index is 0.143. The molecule has 0 amide bonds. The topological polar surface area (TPSA) is 34.1 Å². The SMILES string of the molecule is COc1cccc2c1OC(C)(C)N1N=C(c3ccc(Cl)cc3)CC21. The van der Waals surface area contributed by atoms with Gasteiger partial charge in [-0.1, -0.05) is 35.9 Å². The Bertz CT molecular complexity index is 815. The minimum atomic E-state index is -0.541. The average molecular weight is 343 g/mol. The summed E-state index contributed by atoms with van der Waals surface area (Å²) in [6.07, 6.45) is 0.828. The zero-order chi connectivity index (χ0) is 16.9. The Kier molecular flexibility index (Phi) is 3.46. The van der Waals surface area contributed by atoms with E-state index in [4.69, 9.17) is 26.2 Å². The number of para-hydroxylation sites is 1. The lowest BCUT2D eigenvalue weighted by atomic mass is 9.95. The van der Waals surface area contributed by atoms with Gasteiger partial charge in [0.2, 0.25) is 0 Å². The van der Waals surface area contributed by atoms with E-state index in [2.05, 4.69) is 11.1 Å². The highest BCUT2D eigenvalue weighted by atomic mass is 35.5. The third-order valence-electron chi connectivity index (χ3n) is 4.58. The van der Waals surface area contributed by atoms with Crippen molar-refractivity contribution in [3.63, 3.8) is 0 Å². The predicted octanol–water partition coefficient (Wildman–Crippen LogP) is 4.63. The monoisotopic (exact) mass is 342 g/mol. The van der Waals surface area contributed by atoms with Crippen LogP contribution in [0.15, 0.2) is 47.6 Å². The molecule has 0 radical (unpaired) electrons. The second-order valence-electron chi connectivity index (χ2n) is 6.55. The first kappa shape index (κ1) is 15.3. The molecule has 0 fully saturated rings. The van der Waals surface area contributed by atoms with E-state index >= 15 is 0 Å². The van der Waals surface area contributed by atoms with Crippen molar-refractivity contribution in [2.75, 3.05) is 7.11 Å². The molecule has 2 aliphatic heterocycles. The molecular formula is C19H19ClN2O2. The summed E-state index contributed by atoms with van der Waals surface area (Å²) in [6, 6.07) is 14.0. The number of nitrogens with zero attached hydrogens (tertiary/aromatic N) is 2. The molecule has 0 N–H and O–H groups in total. The molecular weight excluding hydrogens is 324 g/mol. The van der Waals surface area contributed by atoms with E-state index < -0.39 is 5.72 Å². The van der Waals surface area contributed by atoms with Crippen LogP contribution in [0.1, 0.15) is 37.4 Å². The summed E-state index contributed by atoms with van der Waals surface area (Å²) in [7, 11) is 1.67. The highest BCUT2D eigenvalue weighted by Crippen LogP contribution is 2.49. The number of halogens is 1. The Labute approximate surface area is 146 Å². The van der Waals surface area contributed by atoms with Crippen LogP contribution in [-0.2, 0) is 0 Å². The van der Waals surface area contributed by atoms with Crippen LogP contribution in [0, 0.1) is 0 Å². The van der Waals surface area contributed by atoms with Gasteiger partial charge in [0.05, 0.1) is 18.9 Å². The number of rotatable bonds is 2. The Morgan fingerprint density at radius 3 is 2.67 bits per heavy atom. The largest absolute Gasteiger partial charge is 0.493 e. The van der Waals surface area contributed by atoms with Gasteiger partial charge in [-0.2, -0.15) is 5.10 Å². The third-order valence-corrected chi connectivity index (χ3v) is 4.83. The van der Waals surface area contributed by atoms with E-state index in [0.717, 1.165) is 39.8 Å². The van der Waals surface area contributed by atoms with Crippen LogP contribution in [0.2, 0.25) is 5.02 Å². The molecule has 4 rings (SSSR count). The molecule has 0 aromatic heterocycles. The molecule has 0 saturated heterocycles. The van der Waals surface area contributed by atoms with Crippen LogP contribution in [0.3, 0.4) is 0 Å². The van der Waals surface area contributed by atoms with Crippen molar-refractivity contribution in [1.82, 2.24) is 5.01 Å². The number of hydrogen-bond acceptors (Lipinski definition) is 4. The summed E-state index contributed by atoms with van der Waals surface area (Å²) in [4.78, 5) is 0. The molecule has 4 nitrogen and oxygen atoms in total. The average Bonchev–Trinajstić information content (AvgIpc) is 3.01. The number of benzene rings is 2. The number of hydrogen-bond donors (Lipinski definition) is 0. The van der Waals surface area contributed by atoms with Crippen LogP contribution in [0.5, 0.6) is 11.5 Å². The zero-order valence-electron chi connectivity index (χ0n) is 13.9. The second kappa shape index (κ2) is 5.42. The predicted molar refractivity (Wildman–Crippen MR) is 94.9 cm³/mol. The van der Waals surface area contributed by atoms with Crippen molar-refractivity contribution in [2.45, 2.75) is 32.0 Å². The Morgan fingerprint density at radius 2 is 1.96 bits per heavy atom. The van der Waals surface area contributed by atoms with Gasteiger partial charge in [-0.05, 0) is 37.6 Å². The van der Waals surface area contributed by atoms with E-state index in [0.29, 0.717) is 0 Å². The minimum Gasteiger partial charge on any atom is -0.493 e. The molecule has 0 spiro atoms. The van der Waals surface area contributed by atoms with Crippen molar-refractivity contribution in [3.8, 4) is 11.5 Å². The first-order valence-corrected chi connectivity index (χ1v) is 8.36. The maximum Gasteiger partial charge on any atom is 0.192 e. The van der Waals surface area contributed by atoms with E-state index in [-0.39, 0.29) is 6.04 Å². The van der Waals surface area contributed by atoms with Crippen molar-refractivity contribution in [2.24, 2.45) is 5.10 Å². The van der Waals surface area contributed by atoms with Gasteiger partial charge in [0.15, 0.2) is 17.2 Å². The van der Waals surface area contributed by atoms with Crippen LogP contribution >= 0.6 is 11.6 Å². The number of hydrazone groups is 1. The van der Waals surface area contributed by atoms with E-state index in [1.807, 2.05) is 50.2 Å². The quantitative estimate of drug-likeness (QED) is 0.798. The van der Waals surface area contributed by atoms with E-state index in [1.165, 1.54) is 0 Å². The Morgan fingerprint density at radius 1 is 1.21 bits per heavy atom. The normalized spacial score (nSPS) is 20.8. The molecule has 2 aliphatic rings. The maximum absolute atomic E-state index is 6.23. The number of methoxy groups -OCH3 is 1. The fourth-order valence-electron chi connectivity index (χ4n) is 3.43. The molecule has 2 aromatic rings. The Balaban J connectivity index is 1.77. The molecule has 24 heavy (non-hydrogen) atoms. The summed E-state index contributed by atoms with van der Waals surface area (Å²) < 4.78 is 11.7. The van der Waals surface area contributed by atoms with Gasteiger partial charge in [0, 0.05) is 17.0 Å². The lowest BCUT2D eigenvalue weighted by Crippen LogP contribution is -2.48. The number of ether oxygens (including phenoxy) is 2. The number of fused-ring (bicyclic) bond motifs is 3. The van der Waals surface area contributed by atoms with Crippen molar-refractivity contribution < 1.29 is 9.47 Å². The smallest absolute Gasteiger partial charge is 0.192 e. The molecule has 1 unspecified atom stereocenters. The summed E-state index contributed by atoms with van der Waals surface area (Å²) in [5, 5.41) is 7.64. The van der Waals surface area contributed by atoms with E-state index in [9.17, 15) is 0 Å². The highest BCUT2D eigenvalue weighted by molar-refractivity contribution is 6.30. The van der Waals surface area contributed by atoms with Gasteiger partial charge in [-0.3, -0.25) is 0 Å². The molecule has 124 valence electrons. The van der Waals surface area contributed by atoms with Crippen molar-refractivity contribution in [3.05, 3.63) is 58.6 Å². The molecule has 0 aliphatic carbocycles. The zero-order valence-corrected chi connectivity index (χ0v) is 14.7. The van der Waals surface area contributed by atoms with Crippen LogP contribution in [0.4, 0.5) is 0 Å². The first-order chi connectivity index (χ1) is 11.5. The van der Waals surface area contributed by atoms with Crippen molar-refractivity contribution >= 4 is 17.3 Å². The standard InChI is InChI=1S/C19H19ClN2O2/c1-19(2)22-16(14-5-4-6-17(23-3)18(14)24-19)11-15(21-22)12-7-9-13(20)10-8-12/h4-10,16H,11H2,1-3H3. The van der Waals surface area contributed by atoms with Crippen molar-refractivity contribution in [1.29, 1.82) is 0 Å². The molecule has 1 atom stereocenters. The third kappa shape index (κ3) is 2.33. The van der Waals surface area contributed by atoms with Gasteiger partial charge in [0.25, 0.3) is 0 Å². The summed E-state index contributed by atoms with van der Waals surface area (Å²) in [5.74, 6) is 1.58. The molecule has 0 saturated carbocycles. The lowest BCUT2D eigenvalue weighted by Gasteiger charge is -2.43. The summed E-state index contributed by atoms with van der Waals surface area (Å²) >= 11 is 6.00. The van der Waals surface area contributed by atoms with E-state index in [1.54, 1.807) is 7.11 Å². The fourth-order valence-corrected chi connectivity index (χ4v) is 3.55. The van der Waals surface area contributed by atoms with Crippen LogP contribution in [-0.4, -0.2) is 23.6 Å². The maximum atomic E-state index is 6.23. The van der Waals surface area contributed by atoms with Gasteiger partial charge in [-0.15, -0.1) is 0 Å². The first-order valence-electron chi connectivity index (χ1n) is 7.98. The second-order valence-corrected chi connectivity index (χ2v) is 6.98. The molecule has 0 bridgehead atoms. The highest BCUT2D eigenvalue weighted by Gasteiger charge is 2.45. The van der Waals surface area contributed by atoms with Gasteiger partial charge < -0.3 is 9.47 Å². The summed E-state index contributed by atoms with van der Waals surface area (Å²) in [6.45, 7) is 4.06. The Hall–Kier alpha value is -2.20. The van der Waals surface area contributed by atoms with Crippen LogP contribution in [0.25, 0.3) is 0 Å². The summed E-state index contributed by atoms with van der Waals surface area (Å²) in [5.41, 5.74) is 2.71. The van der Waals surface area contributed by atoms with Crippen LogP contribution < -0.4 is 9.47 Å². The van der Waals surface area contributed by atoms with Gasteiger partial charge in [-0.25, -0.2) is 5.01 Å². The molecule has 2 heterocycles. The van der Waals surface area contributed by atoms with Gasteiger partial charge >= 0.3 is 0 Å².